The van der Waals surface area contributed by atoms with Crippen molar-refractivity contribution >= 4 is 5.91 Å². The lowest BCUT2D eigenvalue weighted by atomic mass is 10.0. The predicted molar refractivity (Wildman–Crippen MR) is 80.5 cm³/mol. The number of aromatic amines is 1. The molecule has 2 aromatic heterocycles. The summed E-state index contributed by atoms with van der Waals surface area (Å²) in [6, 6.07) is 3.09. The summed E-state index contributed by atoms with van der Waals surface area (Å²) in [6.45, 7) is 5.16. The maximum atomic E-state index is 12.4. The summed E-state index contributed by atoms with van der Waals surface area (Å²) in [5.74, 6) is 0.216. The van der Waals surface area contributed by atoms with E-state index in [4.69, 9.17) is 0 Å². The summed E-state index contributed by atoms with van der Waals surface area (Å²) in [5, 5.41) is 11.2. The Morgan fingerprint density at radius 3 is 2.95 bits per heavy atom. The first-order valence-corrected chi connectivity index (χ1v) is 7.37. The summed E-state index contributed by atoms with van der Waals surface area (Å²) in [4.78, 5) is 25.9. The van der Waals surface area contributed by atoms with Gasteiger partial charge in [-0.05, 0) is 31.9 Å². The molecular formula is C15H19N5O2. The number of rotatable bonds is 3. The molecule has 22 heavy (non-hydrogen) atoms. The van der Waals surface area contributed by atoms with Gasteiger partial charge in [0.1, 0.15) is 6.54 Å². The number of amides is 1. The van der Waals surface area contributed by atoms with Crippen LogP contribution in [0.5, 0.6) is 0 Å². The van der Waals surface area contributed by atoms with Crippen molar-refractivity contribution in [2.24, 2.45) is 0 Å². The lowest BCUT2D eigenvalue weighted by Crippen LogP contribution is -2.36. The van der Waals surface area contributed by atoms with E-state index in [2.05, 4.69) is 15.3 Å². The molecule has 0 bridgehead atoms. The number of carbonyl (C=O) groups excluding carboxylic acids is 1. The third-order valence-corrected chi connectivity index (χ3v) is 4.10. The van der Waals surface area contributed by atoms with Crippen LogP contribution < -0.4 is 5.56 Å². The van der Waals surface area contributed by atoms with Crippen molar-refractivity contribution in [1.29, 1.82) is 0 Å². The Hall–Kier alpha value is -2.44. The number of H-pyrrole nitrogens is 1. The van der Waals surface area contributed by atoms with Crippen molar-refractivity contribution in [2.45, 2.75) is 32.7 Å². The largest absolute Gasteiger partial charge is 0.340 e. The third kappa shape index (κ3) is 2.79. The molecule has 1 N–H and O–H groups in total. The van der Waals surface area contributed by atoms with Crippen LogP contribution in [-0.2, 0) is 11.3 Å². The molecule has 1 aliphatic rings. The van der Waals surface area contributed by atoms with Crippen molar-refractivity contribution in [2.75, 3.05) is 13.1 Å². The van der Waals surface area contributed by atoms with Crippen LogP contribution in [0.15, 0.2) is 23.1 Å². The van der Waals surface area contributed by atoms with Crippen LogP contribution >= 0.6 is 0 Å². The molecule has 1 atom stereocenters. The molecule has 0 aliphatic carbocycles. The van der Waals surface area contributed by atoms with Gasteiger partial charge in [0.05, 0.1) is 11.9 Å². The number of carbonyl (C=O) groups is 1. The highest BCUT2D eigenvalue weighted by atomic mass is 16.2. The molecule has 1 fully saturated rings. The Labute approximate surface area is 128 Å². The van der Waals surface area contributed by atoms with E-state index < -0.39 is 0 Å². The molecule has 0 saturated carbocycles. The molecule has 3 heterocycles. The Morgan fingerprint density at radius 2 is 2.23 bits per heavy atom. The van der Waals surface area contributed by atoms with E-state index in [1.807, 2.05) is 6.92 Å². The highest BCUT2D eigenvalue weighted by Gasteiger charge is 2.29. The first-order chi connectivity index (χ1) is 10.5. The zero-order valence-corrected chi connectivity index (χ0v) is 12.7. The molecular weight excluding hydrogens is 282 g/mol. The lowest BCUT2D eigenvalue weighted by molar-refractivity contribution is -0.131. The van der Waals surface area contributed by atoms with Gasteiger partial charge in [-0.15, -0.1) is 0 Å². The van der Waals surface area contributed by atoms with Gasteiger partial charge >= 0.3 is 0 Å². The van der Waals surface area contributed by atoms with Crippen LogP contribution in [-0.4, -0.2) is 43.9 Å². The lowest BCUT2D eigenvalue weighted by Gasteiger charge is -2.17. The van der Waals surface area contributed by atoms with Gasteiger partial charge in [-0.1, -0.05) is 0 Å². The molecule has 3 rings (SSSR count). The van der Waals surface area contributed by atoms with E-state index in [-0.39, 0.29) is 23.9 Å². The molecule has 1 amide bonds. The van der Waals surface area contributed by atoms with Gasteiger partial charge in [0.15, 0.2) is 0 Å². The third-order valence-electron chi connectivity index (χ3n) is 4.10. The fourth-order valence-corrected chi connectivity index (χ4v) is 2.88. The highest BCUT2D eigenvalue weighted by Crippen LogP contribution is 2.27. The van der Waals surface area contributed by atoms with Gasteiger partial charge in [-0.2, -0.15) is 10.2 Å². The summed E-state index contributed by atoms with van der Waals surface area (Å²) in [6.07, 6.45) is 2.71. The Morgan fingerprint density at radius 1 is 1.41 bits per heavy atom. The Kier molecular flexibility index (Phi) is 3.79. The Bertz CT molecular complexity index is 748. The van der Waals surface area contributed by atoms with Crippen LogP contribution in [0.4, 0.5) is 0 Å². The molecule has 0 radical (unpaired) electrons. The van der Waals surface area contributed by atoms with Gasteiger partial charge in [0.2, 0.25) is 5.91 Å². The molecule has 1 aliphatic heterocycles. The average Bonchev–Trinajstić information content (AvgIpc) is 3.11. The SMILES string of the molecule is Cc1ccc(=O)n(CC(=O)N2CCC(c3[nH]ncc3C)C2)n1. The normalized spacial score (nSPS) is 17.9. The molecule has 0 spiro atoms. The number of hydrogen-bond acceptors (Lipinski definition) is 4. The van der Waals surface area contributed by atoms with E-state index in [1.54, 1.807) is 24.1 Å². The van der Waals surface area contributed by atoms with Crippen LogP contribution in [0.2, 0.25) is 0 Å². The molecule has 1 unspecified atom stereocenters. The topological polar surface area (TPSA) is 83.9 Å². The number of nitrogens with one attached hydrogen (secondary N) is 1. The first kappa shape index (κ1) is 14.5. The number of aryl methyl sites for hydroxylation is 2. The Balaban J connectivity index is 1.68. The van der Waals surface area contributed by atoms with Crippen molar-refractivity contribution in [3.8, 4) is 0 Å². The summed E-state index contributed by atoms with van der Waals surface area (Å²) in [5.41, 5.74) is 2.69. The van der Waals surface area contributed by atoms with Gasteiger partial charge in [-0.25, -0.2) is 4.68 Å². The summed E-state index contributed by atoms with van der Waals surface area (Å²) < 4.78 is 1.23. The van der Waals surface area contributed by atoms with Gasteiger partial charge in [-0.3, -0.25) is 14.7 Å². The quantitative estimate of drug-likeness (QED) is 0.900. The van der Waals surface area contributed by atoms with E-state index in [0.29, 0.717) is 13.1 Å². The van der Waals surface area contributed by atoms with Gasteiger partial charge < -0.3 is 4.90 Å². The van der Waals surface area contributed by atoms with Gasteiger partial charge in [0, 0.05) is 30.8 Å². The minimum Gasteiger partial charge on any atom is -0.340 e. The molecule has 2 aromatic rings. The van der Waals surface area contributed by atoms with E-state index >= 15 is 0 Å². The summed E-state index contributed by atoms with van der Waals surface area (Å²) >= 11 is 0. The molecule has 0 aromatic carbocycles. The maximum Gasteiger partial charge on any atom is 0.267 e. The molecule has 7 nitrogen and oxygen atoms in total. The second-order valence-electron chi connectivity index (χ2n) is 5.76. The second kappa shape index (κ2) is 5.75. The number of aromatic nitrogens is 4. The second-order valence-corrected chi connectivity index (χ2v) is 5.76. The maximum absolute atomic E-state index is 12.4. The average molecular weight is 301 g/mol. The zero-order valence-electron chi connectivity index (χ0n) is 12.7. The zero-order chi connectivity index (χ0) is 15.7. The van der Waals surface area contributed by atoms with Gasteiger partial charge in [0.25, 0.3) is 5.56 Å². The van der Waals surface area contributed by atoms with E-state index in [1.165, 1.54) is 10.7 Å². The van der Waals surface area contributed by atoms with Crippen molar-refractivity contribution in [3.05, 3.63) is 45.6 Å². The minimum atomic E-state index is -0.251. The van der Waals surface area contributed by atoms with Crippen LogP contribution in [0.3, 0.4) is 0 Å². The van der Waals surface area contributed by atoms with E-state index in [9.17, 15) is 9.59 Å². The van der Waals surface area contributed by atoms with E-state index in [0.717, 1.165) is 23.4 Å². The highest BCUT2D eigenvalue weighted by molar-refractivity contribution is 5.76. The molecule has 116 valence electrons. The van der Waals surface area contributed by atoms with Crippen LogP contribution in [0.25, 0.3) is 0 Å². The first-order valence-electron chi connectivity index (χ1n) is 7.37. The number of nitrogens with zero attached hydrogens (tertiary/aromatic N) is 4. The monoisotopic (exact) mass is 301 g/mol. The predicted octanol–water partition coefficient (Wildman–Crippen LogP) is 0.599. The van der Waals surface area contributed by atoms with Crippen molar-refractivity contribution in [1.82, 2.24) is 24.9 Å². The standard InChI is InChI=1S/C15H19N5O2/c1-10-7-16-17-15(10)12-5-6-19(8-12)14(22)9-20-13(21)4-3-11(2)18-20/h3-4,7,12H,5-6,8-9H2,1-2H3,(H,16,17). The minimum absolute atomic E-state index is 0.00477. The number of likely N-dealkylation sites (tertiary alicyclic amines) is 1. The molecule has 7 heteroatoms. The van der Waals surface area contributed by atoms with Crippen molar-refractivity contribution < 1.29 is 4.79 Å². The van der Waals surface area contributed by atoms with Crippen LogP contribution in [0, 0.1) is 13.8 Å². The number of hydrogen-bond donors (Lipinski definition) is 1. The summed E-state index contributed by atoms with van der Waals surface area (Å²) in [7, 11) is 0. The fourth-order valence-electron chi connectivity index (χ4n) is 2.88. The smallest absolute Gasteiger partial charge is 0.267 e. The molecule has 1 saturated heterocycles. The van der Waals surface area contributed by atoms with Crippen LogP contribution in [0.1, 0.15) is 29.3 Å². The fraction of sp³-hybridized carbons (Fsp3) is 0.467. The van der Waals surface area contributed by atoms with Crippen molar-refractivity contribution in [3.63, 3.8) is 0 Å².